The first-order valence-corrected chi connectivity index (χ1v) is 8.05. The molecule has 1 N–H and O–H groups in total. The Morgan fingerprint density at radius 1 is 1.39 bits per heavy atom. The molecule has 2 aliphatic heterocycles. The zero-order valence-electron chi connectivity index (χ0n) is 10.9. The third-order valence-corrected chi connectivity index (χ3v) is 5.21. The zero-order chi connectivity index (χ0) is 12.4. The minimum atomic E-state index is 0.498. The molecular weight excluding hydrogens is 242 g/mol. The molecule has 3 atom stereocenters. The third-order valence-electron chi connectivity index (χ3n) is 4.00. The Hall–Kier alpha value is -0.670. The van der Waals surface area contributed by atoms with Crippen molar-refractivity contribution in [2.75, 3.05) is 18.1 Å². The van der Waals surface area contributed by atoms with E-state index in [-0.39, 0.29) is 0 Å². The van der Waals surface area contributed by atoms with Crippen molar-refractivity contribution in [2.24, 2.45) is 0 Å². The van der Waals surface area contributed by atoms with Gasteiger partial charge in [0.25, 0.3) is 0 Å². The van der Waals surface area contributed by atoms with E-state index in [1.165, 1.54) is 29.9 Å². The van der Waals surface area contributed by atoms with Gasteiger partial charge < -0.3 is 10.1 Å². The van der Waals surface area contributed by atoms with Crippen LogP contribution in [0.2, 0.25) is 0 Å². The fraction of sp³-hybridized carbons (Fsp3) is 0.600. The zero-order valence-corrected chi connectivity index (χ0v) is 11.7. The van der Waals surface area contributed by atoms with E-state index in [0.717, 1.165) is 12.4 Å². The molecule has 3 unspecified atom stereocenters. The number of thioether (sulfide) groups is 1. The highest BCUT2D eigenvalue weighted by molar-refractivity contribution is 7.99. The number of rotatable bonds is 3. The van der Waals surface area contributed by atoms with Crippen molar-refractivity contribution in [1.82, 2.24) is 5.32 Å². The minimum absolute atomic E-state index is 0.498. The van der Waals surface area contributed by atoms with Crippen LogP contribution in [0.3, 0.4) is 0 Å². The predicted molar refractivity (Wildman–Crippen MR) is 77.6 cm³/mol. The second-order valence-corrected chi connectivity index (χ2v) is 6.47. The first-order valence-electron chi connectivity index (χ1n) is 6.90. The second kappa shape index (κ2) is 5.54. The van der Waals surface area contributed by atoms with Gasteiger partial charge in [-0.25, -0.2) is 0 Å². The van der Waals surface area contributed by atoms with Gasteiger partial charge in [0.1, 0.15) is 5.75 Å². The molecular formula is C15H21NOS. The van der Waals surface area contributed by atoms with Crippen molar-refractivity contribution in [2.45, 2.75) is 37.8 Å². The molecule has 2 heterocycles. The van der Waals surface area contributed by atoms with E-state index in [9.17, 15) is 0 Å². The van der Waals surface area contributed by atoms with Crippen molar-refractivity contribution in [3.63, 3.8) is 0 Å². The molecule has 18 heavy (non-hydrogen) atoms. The number of hydrogen-bond acceptors (Lipinski definition) is 3. The lowest BCUT2D eigenvalue weighted by Gasteiger charge is -2.29. The number of ether oxygens (including phenoxy) is 1. The van der Waals surface area contributed by atoms with E-state index in [1.54, 1.807) is 0 Å². The van der Waals surface area contributed by atoms with Crippen molar-refractivity contribution < 1.29 is 4.74 Å². The van der Waals surface area contributed by atoms with Gasteiger partial charge in [0.15, 0.2) is 0 Å². The molecule has 0 amide bonds. The largest absolute Gasteiger partial charge is 0.493 e. The Morgan fingerprint density at radius 2 is 2.28 bits per heavy atom. The normalized spacial score (nSPS) is 28.5. The summed E-state index contributed by atoms with van der Waals surface area (Å²) < 4.78 is 5.78. The van der Waals surface area contributed by atoms with Crippen LogP contribution in [0.25, 0.3) is 0 Å². The number of para-hydroxylation sites is 1. The van der Waals surface area contributed by atoms with Crippen molar-refractivity contribution >= 4 is 11.8 Å². The molecule has 2 aliphatic rings. The maximum atomic E-state index is 5.78. The van der Waals surface area contributed by atoms with Gasteiger partial charge in [-0.2, -0.15) is 11.8 Å². The summed E-state index contributed by atoms with van der Waals surface area (Å²) in [6.07, 6.45) is 2.68. The van der Waals surface area contributed by atoms with Crippen LogP contribution in [0.4, 0.5) is 0 Å². The molecule has 2 nitrogen and oxygen atoms in total. The van der Waals surface area contributed by atoms with E-state index in [4.69, 9.17) is 4.74 Å². The monoisotopic (exact) mass is 263 g/mol. The summed E-state index contributed by atoms with van der Waals surface area (Å²) in [4.78, 5) is 0. The molecule has 98 valence electrons. The molecule has 0 aliphatic carbocycles. The van der Waals surface area contributed by atoms with Gasteiger partial charge in [-0.15, -0.1) is 0 Å². The van der Waals surface area contributed by atoms with Crippen LogP contribution >= 0.6 is 11.8 Å². The van der Waals surface area contributed by atoms with Crippen LogP contribution < -0.4 is 10.1 Å². The topological polar surface area (TPSA) is 21.3 Å². The fourth-order valence-corrected chi connectivity index (χ4v) is 4.05. The van der Waals surface area contributed by atoms with Crippen LogP contribution in [0.5, 0.6) is 5.75 Å². The average molecular weight is 263 g/mol. The molecule has 1 aromatic carbocycles. The van der Waals surface area contributed by atoms with Crippen LogP contribution in [-0.2, 0) is 0 Å². The Kier molecular flexibility index (Phi) is 3.80. The van der Waals surface area contributed by atoms with E-state index in [1.807, 2.05) is 0 Å². The Balaban J connectivity index is 1.64. The smallest absolute Gasteiger partial charge is 0.122 e. The maximum absolute atomic E-state index is 5.78. The van der Waals surface area contributed by atoms with Gasteiger partial charge in [-0.1, -0.05) is 18.2 Å². The lowest BCUT2D eigenvalue weighted by molar-refractivity contribution is 0.294. The summed E-state index contributed by atoms with van der Waals surface area (Å²) in [6, 6.07) is 9.64. The van der Waals surface area contributed by atoms with Gasteiger partial charge in [0.05, 0.1) is 6.61 Å². The fourth-order valence-electron chi connectivity index (χ4n) is 2.96. The van der Waals surface area contributed by atoms with Crippen LogP contribution in [0.15, 0.2) is 24.3 Å². The van der Waals surface area contributed by atoms with E-state index in [0.29, 0.717) is 18.0 Å². The molecule has 1 saturated heterocycles. The van der Waals surface area contributed by atoms with Gasteiger partial charge in [0.2, 0.25) is 0 Å². The van der Waals surface area contributed by atoms with Crippen LogP contribution in [0, 0.1) is 0 Å². The summed E-state index contributed by atoms with van der Waals surface area (Å²) in [5, 5.41) is 3.80. The molecule has 0 saturated carbocycles. The number of benzene rings is 1. The lowest BCUT2D eigenvalue weighted by Crippen LogP contribution is -2.43. The summed E-state index contributed by atoms with van der Waals surface area (Å²) in [7, 11) is 0. The molecule has 1 aromatic rings. The van der Waals surface area contributed by atoms with E-state index in [2.05, 4.69) is 48.3 Å². The van der Waals surface area contributed by atoms with Crippen molar-refractivity contribution in [3.8, 4) is 5.75 Å². The van der Waals surface area contributed by atoms with E-state index >= 15 is 0 Å². The highest BCUT2D eigenvalue weighted by Crippen LogP contribution is 2.35. The van der Waals surface area contributed by atoms with Crippen molar-refractivity contribution in [3.05, 3.63) is 29.8 Å². The third kappa shape index (κ3) is 2.52. The molecule has 3 rings (SSSR count). The SMILES string of the molecule is CC(NC1CCCSC1)C1COc2ccccc21. The standard InChI is InChI=1S/C15H21NOS/c1-11(16-12-5-4-8-18-10-12)14-9-17-15-7-3-2-6-13(14)15/h2-3,6-7,11-12,14,16H,4-5,8-10H2,1H3. The summed E-state index contributed by atoms with van der Waals surface area (Å²) in [6.45, 7) is 3.13. The van der Waals surface area contributed by atoms with E-state index < -0.39 is 0 Å². The van der Waals surface area contributed by atoms with Gasteiger partial charge in [0, 0.05) is 29.3 Å². The van der Waals surface area contributed by atoms with Gasteiger partial charge in [-0.05, 0) is 31.6 Å². The Bertz CT molecular complexity index is 403. The number of fused-ring (bicyclic) bond motifs is 1. The predicted octanol–water partition coefficient (Wildman–Crippen LogP) is 3.04. The lowest BCUT2D eigenvalue weighted by atomic mass is 9.93. The molecule has 0 bridgehead atoms. The molecule has 0 aromatic heterocycles. The van der Waals surface area contributed by atoms with Gasteiger partial charge >= 0.3 is 0 Å². The molecule has 1 fully saturated rings. The average Bonchev–Trinajstić information content (AvgIpc) is 2.84. The molecule has 0 radical (unpaired) electrons. The Labute approximate surface area is 113 Å². The summed E-state index contributed by atoms with van der Waals surface area (Å²) in [5.74, 6) is 4.18. The second-order valence-electron chi connectivity index (χ2n) is 5.32. The van der Waals surface area contributed by atoms with Crippen LogP contribution in [-0.4, -0.2) is 30.2 Å². The van der Waals surface area contributed by atoms with Gasteiger partial charge in [-0.3, -0.25) is 0 Å². The Morgan fingerprint density at radius 3 is 3.11 bits per heavy atom. The number of nitrogens with one attached hydrogen (secondary N) is 1. The highest BCUT2D eigenvalue weighted by atomic mass is 32.2. The van der Waals surface area contributed by atoms with Crippen molar-refractivity contribution in [1.29, 1.82) is 0 Å². The highest BCUT2D eigenvalue weighted by Gasteiger charge is 2.30. The molecule has 3 heteroatoms. The minimum Gasteiger partial charge on any atom is -0.493 e. The maximum Gasteiger partial charge on any atom is 0.122 e. The quantitative estimate of drug-likeness (QED) is 0.905. The van der Waals surface area contributed by atoms with Crippen LogP contribution in [0.1, 0.15) is 31.2 Å². The molecule has 0 spiro atoms. The number of hydrogen-bond donors (Lipinski definition) is 1. The first kappa shape index (κ1) is 12.4. The summed E-state index contributed by atoms with van der Waals surface area (Å²) in [5.41, 5.74) is 1.38. The summed E-state index contributed by atoms with van der Waals surface area (Å²) >= 11 is 2.08. The first-order chi connectivity index (χ1) is 8.84.